The number of ether oxygens (including phenoxy) is 3. The number of aliphatic hydroxyl groups is 1. The standard InChI is InChI=1S/C23H29NO7/c1-6-29-15-9-7-14(8-10-15)16-11-17-18(13(2)25)20(26)24(17)19(16)21(27)30-12-31-22(28)23(3,4)5/h7-10,13,17-18,25H,6,11-12H2,1-5H3/t13-,17-,18-/m1/s1. The van der Waals surface area contributed by atoms with Gasteiger partial charge >= 0.3 is 11.9 Å². The molecule has 2 aliphatic heterocycles. The largest absolute Gasteiger partial charge is 0.494 e. The van der Waals surface area contributed by atoms with Crippen molar-refractivity contribution in [2.45, 2.75) is 53.2 Å². The van der Waals surface area contributed by atoms with Crippen molar-refractivity contribution in [3.63, 3.8) is 0 Å². The third kappa shape index (κ3) is 4.44. The van der Waals surface area contributed by atoms with E-state index >= 15 is 0 Å². The van der Waals surface area contributed by atoms with Crippen molar-refractivity contribution in [1.29, 1.82) is 0 Å². The van der Waals surface area contributed by atoms with Crippen LogP contribution in [0.25, 0.3) is 5.57 Å². The number of hydrogen-bond donors (Lipinski definition) is 1. The Bertz CT molecular complexity index is 895. The lowest BCUT2D eigenvalue weighted by molar-refractivity contribution is -0.175. The van der Waals surface area contributed by atoms with Gasteiger partial charge in [-0.15, -0.1) is 0 Å². The Balaban J connectivity index is 1.84. The number of esters is 2. The van der Waals surface area contributed by atoms with E-state index in [2.05, 4.69) is 0 Å². The van der Waals surface area contributed by atoms with Gasteiger partial charge in [-0.05, 0) is 64.3 Å². The van der Waals surface area contributed by atoms with Gasteiger partial charge in [0.05, 0.1) is 30.1 Å². The highest BCUT2D eigenvalue weighted by molar-refractivity contribution is 6.06. The first-order chi connectivity index (χ1) is 14.6. The van der Waals surface area contributed by atoms with E-state index in [-0.39, 0.29) is 17.6 Å². The van der Waals surface area contributed by atoms with Gasteiger partial charge in [-0.1, -0.05) is 12.1 Å². The summed E-state index contributed by atoms with van der Waals surface area (Å²) in [6.45, 7) is 8.54. The molecule has 0 saturated carbocycles. The van der Waals surface area contributed by atoms with Gasteiger partial charge in [-0.25, -0.2) is 4.79 Å². The average Bonchev–Trinajstić information content (AvgIpc) is 3.02. The molecule has 168 valence electrons. The molecule has 1 aromatic carbocycles. The van der Waals surface area contributed by atoms with Crippen LogP contribution in [0.2, 0.25) is 0 Å². The Morgan fingerprint density at radius 2 is 1.84 bits per heavy atom. The van der Waals surface area contributed by atoms with Crippen LogP contribution in [-0.2, 0) is 23.9 Å². The maximum Gasteiger partial charge on any atom is 0.358 e. The highest BCUT2D eigenvalue weighted by atomic mass is 16.7. The molecule has 0 bridgehead atoms. The topological polar surface area (TPSA) is 102 Å². The number of β-lactam (4-membered cyclic amide) rings is 1. The summed E-state index contributed by atoms with van der Waals surface area (Å²) in [6, 6.07) is 6.92. The molecule has 1 N–H and O–H groups in total. The van der Waals surface area contributed by atoms with E-state index < -0.39 is 36.2 Å². The van der Waals surface area contributed by atoms with Crippen molar-refractivity contribution in [2.24, 2.45) is 11.3 Å². The zero-order chi connectivity index (χ0) is 22.9. The smallest absolute Gasteiger partial charge is 0.358 e. The normalized spacial score (nSPS) is 21.4. The zero-order valence-electron chi connectivity index (χ0n) is 18.5. The van der Waals surface area contributed by atoms with Crippen LogP contribution in [0.4, 0.5) is 0 Å². The summed E-state index contributed by atoms with van der Waals surface area (Å²) >= 11 is 0. The highest BCUT2D eigenvalue weighted by Gasteiger charge is 2.57. The lowest BCUT2D eigenvalue weighted by atomic mass is 9.82. The van der Waals surface area contributed by atoms with E-state index in [1.54, 1.807) is 39.8 Å². The molecule has 31 heavy (non-hydrogen) atoms. The number of carbonyl (C=O) groups excluding carboxylic acids is 3. The van der Waals surface area contributed by atoms with Crippen molar-refractivity contribution < 1.29 is 33.7 Å². The molecule has 0 spiro atoms. The van der Waals surface area contributed by atoms with E-state index in [4.69, 9.17) is 14.2 Å². The van der Waals surface area contributed by atoms with E-state index in [1.807, 2.05) is 19.1 Å². The summed E-state index contributed by atoms with van der Waals surface area (Å²) in [5, 5.41) is 9.99. The molecule has 3 atom stereocenters. The van der Waals surface area contributed by atoms with Crippen LogP contribution < -0.4 is 4.74 Å². The lowest BCUT2D eigenvalue weighted by Gasteiger charge is -2.44. The van der Waals surface area contributed by atoms with Gasteiger partial charge < -0.3 is 24.2 Å². The van der Waals surface area contributed by atoms with Crippen LogP contribution in [0.3, 0.4) is 0 Å². The number of fused-ring (bicyclic) bond motifs is 1. The SMILES string of the molecule is CCOc1ccc(C2=C(C(=O)OCOC(=O)C(C)(C)C)N3C(=O)[C@H]([C@@H](C)O)[C@H]3C2)cc1. The van der Waals surface area contributed by atoms with Crippen LogP contribution in [0, 0.1) is 11.3 Å². The molecule has 1 aromatic rings. The van der Waals surface area contributed by atoms with Crippen LogP contribution in [-0.4, -0.2) is 53.4 Å². The van der Waals surface area contributed by atoms with E-state index in [0.29, 0.717) is 24.4 Å². The number of hydrogen-bond acceptors (Lipinski definition) is 7. The van der Waals surface area contributed by atoms with Crippen LogP contribution in [0.5, 0.6) is 5.75 Å². The van der Waals surface area contributed by atoms with Crippen LogP contribution >= 0.6 is 0 Å². The molecule has 0 aliphatic carbocycles. The van der Waals surface area contributed by atoms with Crippen LogP contribution in [0.15, 0.2) is 30.0 Å². The minimum Gasteiger partial charge on any atom is -0.494 e. The maximum absolute atomic E-state index is 12.9. The van der Waals surface area contributed by atoms with Gasteiger partial charge in [0.25, 0.3) is 0 Å². The zero-order valence-corrected chi connectivity index (χ0v) is 18.5. The molecule has 0 radical (unpaired) electrons. The number of aliphatic hydroxyl groups excluding tert-OH is 1. The van der Waals surface area contributed by atoms with Gasteiger partial charge in [0.15, 0.2) is 0 Å². The average molecular weight is 431 g/mol. The second-order valence-corrected chi connectivity index (χ2v) is 8.76. The second-order valence-electron chi connectivity index (χ2n) is 8.76. The fourth-order valence-electron chi connectivity index (χ4n) is 3.86. The van der Waals surface area contributed by atoms with Gasteiger partial charge in [0, 0.05) is 0 Å². The minimum absolute atomic E-state index is 0.128. The molecule has 1 fully saturated rings. The fourth-order valence-corrected chi connectivity index (χ4v) is 3.86. The lowest BCUT2D eigenvalue weighted by Crippen LogP contribution is -2.61. The first kappa shape index (κ1) is 22.8. The minimum atomic E-state index is -0.821. The third-order valence-corrected chi connectivity index (χ3v) is 5.43. The second kappa shape index (κ2) is 8.70. The molecule has 2 heterocycles. The number of rotatable bonds is 7. The summed E-state index contributed by atoms with van der Waals surface area (Å²) in [5.41, 5.74) is 0.809. The van der Waals surface area contributed by atoms with Crippen LogP contribution in [0.1, 0.15) is 46.6 Å². The van der Waals surface area contributed by atoms with Crippen molar-refractivity contribution in [2.75, 3.05) is 13.4 Å². The summed E-state index contributed by atoms with van der Waals surface area (Å²) < 4.78 is 15.7. The highest BCUT2D eigenvalue weighted by Crippen LogP contribution is 2.47. The molecule has 2 aliphatic rings. The first-order valence-electron chi connectivity index (χ1n) is 10.4. The Hall–Kier alpha value is -2.87. The Morgan fingerprint density at radius 3 is 2.39 bits per heavy atom. The van der Waals surface area contributed by atoms with Crippen molar-refractivity contribution in [3.8, 4) is 5.75 Å². The van der Waals surface area contributed by atoms with E-state index in [1.165, 1.54) is 4.90 Å². The van der Waals surface area contributed by atoms with Crippen molar-refractivity contribution >= 4 is 23.4 Å². The molecule has 1 saturated heterocycles. The molecule has 8 heteroatoms. The number of benzene rings is 1. The summed E-state index contributed by atoms with van der Waals surface area (Å²) in [6.07, 6.45) is -0.403. The molecular formula is C23H29NO7. The monoisotopic (exact) mass is 431 g/mol. The maximum atomic E-state index is 12.9. The van der Waals surface area contributed by atoms with Gasteiger partial charge in [-0.3, -0.25) is 9.59 Å². The first-order valence-corrected chi connectivity index (χ1v) is 10.4. The molecule has 8 nitrogen and oxygen atoms in total. The third-order valence-electron chi connectivity index (χ3n) is 5.43. The molecule has 1 amide bonds. The van der Waals surface area contributed by atoms with Gasteiger partial charge in [0.2, 0.25) is 12.7 Å². The summed E-state index contributed by atoms with van der Waals surface area (Å²) in [5.74, 6) is -1.43. The molecular weight excluding hydrogens is 402 g/mol. The summed E-state index contributed by atoms with van der Waals surface area (Å²) in [7, 11) is 0. The van der Waals surface area contributed by atoms with Gasteiger partial charge in [0.1, 0.15) is 11.4 Å². The van der Waals surface area contributed by atoms with Gasteiger partial charge in [-0.2, -0.15) is 0 Å². The quantitative estimate of drug-likeness (QED) is 0.402. The van der Waals surface area contributed by atoms with Crippen molar-refractivity contribution in [1.82, 2.24) is 4.90 Å². The molecule has 3 rings (SSSR count). The number of amides is 1. The Labute approximate surface area is 181 Å². The molecule has 0 aromatic heterocycles. The number of carbonyl (C=O) groups is 3. The molecule has 0 unspecified atom stereocenters. The fraction of sp³-hybridized carbons (Fsp3) is 0.522. The predicted octanol–water partition coefficient (Wildman–Crippen LogP) is 2.50. The van der Waals surface area contributed by atoms with E-state index in [0.717, 1.165) is 5.56 Å². The summed E-state index contributed by atoms with van der Waals surface area (Å²) in [4.78, 5) is 38.8. The number of nitrogens with zero attached hydrogens (tertiary/aromatic N) is 1. The van der Waals surface area contributed by atoms with Crippen molar-refractivity contribution in [3.05, 3.63) is 35.5 Å². The Kier molecular flexibility index (Phi) is 6.40. The van der Waals surface area contributed by atoms with E-state index in [9.17, 15) is 19.5 Å². The predicted molar refractivity (Wildman–Crippen MR) is 111 cm³/mol. The Morgan fingerprint density at radius 1 is 1.19 bits per heavy atom.